The van der Waals surface area contributed by atoms with Crippen molar-refractivity contribution >= 4 is 17.3 Å². The maximum absolute atomic E-state index is 12.3. The number of benzene rings is 1. The summed E-state index contributed by atoms with van der Waals surface area (Å²) in [6.07, 6.45) is 0. The van der Waals surface area contributed by atoms with Crippen LogP contribution in [0, 0.1) is 0 Å². The number of nitrogens with zero attached hydrogens (tertiary/aromatic N) is 1. The van der Waals surface area contributed by atoms with Gasteiger partial charge in [-0.2, -0.15) is 0 Å². The van der Waals surface area contributed by atoms with Crippen LogP contribution < -0.4 is 9.47 Å². The van der Waals surface area contributed by atoms with E-state index in [1.54, 1.807) is 35.6 Å². The SMILES string of the molecule is CCOc1ccc(C(=O)OCc2cc(-c3cccs3)on2)cc1OCC. The molecule has 0 radical (unpaired) electrons. The van der Waals surface area contributed by atoms with Crippen LogP contribution in [0.25, 0.3) is 10.6 Å². The summed E-state index contributed by atoms with van der Waals surface area (Å²) in [5.41, 5.74) is 0.941. The van der Waals surface area contributed by atoms with Crippen LogP contribution in [-0.2, 0) is 11.3 Å². The van der Waals surface area contributed by atoms with Crippen LogP contribution in [0.5, 0.6) is 11.5 Å². The number of esters is 1. The highest BCUT2D eigenvalue weighted by Crippen LogP contribution is 2.29. The molecule has 6 nitrogen and oxygen atoms in total. The molecule has 3 rings (SSSR count). The number of hydrogen-bond acceptors (Lipinski definition) is 7. The fourth-order valence-electron chi connectivity index (χ4n) is 2.32. The Labute approximate surface area is 155 Å². The fourth-order valence-corrected chi connectivity index (χ4v) is 2.99. The molecule has 26 heavy (non-hydrogen) atoms. The number of ether oxygens (including phenoxy) is 3. The summed E-state index contributed by atoms with van der Waals surface area (Å²) in [6.45, 7) is 4.78. The first kappa shape index (κ1) is 18.0. The van der Waals surface area contributed by atoms with Gasteiger partial charge in [-0.3, -0.25) is 0 Å². The second kappa shape index (κ2) is 8.53. The summed E-state index contributed by atoms with van der Waals surface area (Å²) in [5.74, 6) is 1.31. The largest absolute Gasteiger partial charge is 0.490 e. The smallest absolute Gasteiger partial charge is 0.338 e. The molecule has 0 N–H and O–H groups in total. The van der Waals surface area contributed by atoms with E-state index >= 15 is 0 Å². The highest BCUT2D eigenvalue weighted by molar-refractivity contribution is 7.13. The summed E-state index contributed by atoms with van der Waals surface area (Å²) < 4.78 is 21.6. The third-order valence-electron chi connectivity index (χ3n) is 3.45. The first-order valence-electron chi connectivity index (χ1n) is 8.27. The van der Waals surface area contributed by atoms with E-state index in [1.807, 2.05) is 31.4 Å². The highest BCUT2D eigenvalue weighted by atomic mass is 32.1. The Morgan fingerprint density at radius 3 is 2.65 bits per heavy atom. The van der Waals surface area contributed by atoms with Crippen molar-refractivity contribution in [3.05, 3.63) is 53.0 Å². The number of thiophene rings is 1. The molecule has 2 heterocycles. The molecule has 0 saturated carbocycles. The normalized spacial score (nSPS) is 10.5. The van der Waals surface area contributed by atoms with Crippen LogP contribution in [0.1, 0.15) is 29.9 Å². The summed E-state index contributed by atoms with van der Waals surface area (Å²) in [5, 5.41) is 5.89. The van der Waals surface area contributed by atoms with Gasteiger partial charge in [0, 0.05) is 6.07 Å². The molecule has 0 saturated heterocycles. The minimum atomic E-state index is -0.463. The molecule has 0 bridgehead atoms. The molecule has 0 aliphatic heterocycles. The van der Waals surface area contributed by atoms with E-state index in [2.05, 4.69) is 5.16 Å². The van der Waals surface area contributed by atoms with Gasteiger partial charge in [0.2, 0.25) is 0 Å². The summed E-state index contributed by atoms with van der Waals surface area (Å²) >= 11 is 1.55. The molecule has 0 aliphatic carbocycles. The van der Waals surface area contributed by atoms with Gasteiger partial charge in [-0.1, -0.05) is 11.2 Å². The molecular formula is C19H19NO5S. The maximum Gasteiger partial charge on any atom is 0.338 e. The second-order valence-electron chi connectivity index (χ2n) is 5.26. The number of aromatic nitrogens is 1. The van der Waals surface area contributed by atoms with Crippen molar-refractivity contribution in [2.24, 2.45) is 0 Å². The predicted octanol–water partition coefficient (Wildman–Crippen LogP) is 4.56. The zero-order valence-corrected chi connectivity index (χ0v) is 15.4. The molecule has 0 fully saturated rings. The van der Waals surface area contributed by atoms with Gasteiger partial charge in [0.25, 0.3) is 0 Å². The third-order valence-corrected chi connectivity index (χ3v) is 4.34. The van der Waals surface area contributed by atoms with Gasteiger partial charge in [0.15, 0.2) is 17.3 Å². The van der Waals surface area contributed by atoms with Crippen molar-refractivity contribution in [3.8, 4) is 22.1 Å². The predicted molar refractivity (Wildman–Crippen MR) is 97.7 cm³/mol. The maximum atomic E-state index is 12.3. The number of carbonyl (C=O) groups is 1. The molecule has 0 atom stereocenters. The van der Waals surface area contributed by atoms with Crippen LogP contribution in [-0.4, -0.2) is 24.3 Å². The number of carbonyl (C=O) groups excluding carboxylic acids is 1. The van der Waals surface area contributed by atoms with Crippen molar-refractivity contribution in [3.63, 3.8) is 0 Å². The van der Waals surface area contributed by atoms with Gasteiger partial charge < -0.3 is 18.7 Å². The average Bonchev–Trinajstić information content (AvgIpc) is 3.33. The van der Waals surface area contributed by atoms with Crippen LogP contribution >= 0.6 is 11.3 Å². The van der Waals surface area contributed by atoms with Gasteiger partial charge >= 0.3 is 5.97 Å². The Bertz CT molecular complexity index is 857. The molecule has 7 heteroatoms. The molecule has 2 aromatic heterocycles. The Hall–Kier alpha value is -2.80. The Morgan fingerprint density at radius 1 is 1.12 bits per heavy atom. The van der Waals surface area contributed by atoms with E-state index in [-0.39, 0.29) is 6.61 Å². The van der Waals surface area contributed by atoms with Crippen molar-refractivity contribution in [1.29, 1.82) is 0 Å². The van der Waals surface area contributed by atoms with E-state index in [0.717, 1.165) is 4.88 Å². The Balaban J connectivity index is 1.65. The summed E-state index contributed by atoms with van der Waals surface area (Å²) in [6, 6.07) is 10.6. The zero-order chi connectivity index (χ0) is 18.4. The lowest BCUT2D eigenvalue weighted by atomic mass is 10.2. The average molecular weight is 373 g/mol. The van der Waals surface area contributed by atoms with Crippen molar-refractivity contribution in [2.75, 3.05) is 13.2 Å². The summed E-state index contributed by atoms with van der Waals surface area (Å²) in [4.78, 5) is 13.3. The van der Waals surface area contributed by atoms with Gasteiger partial charge in [-0.05, 0) is 43.5 Å². The first-order valence-corrected chi connectivity index (χ1v) is 9.15. The molecule has 0 aliphatic rings. The van der Waals surface area contributed by atoms with Crippen molar-refractivity contribution in [1.82, 2.24) is 5.16 Å². The van der Waals surface area contributed by atoms with Gasteiger partial charge in [-0.25, -0.2) is 4.79 Å². The summed E-state index contributed by atoms with van der Waals surface area (Å²) in [7, 11) is 0. The number of rotatable bonds is 8. The molecule has 1 aromatic carbocycles. The highest BCUT2D eigenvalue weighted by Gasteiger charge is 2.14. The van der Waals surface area contributed by atoms with Crippen LogP contribution in [0.15, 0.2) is 46.3 Å². The molecular weight excluding hydrogens is 354 g/mol. The molecule has 136 valence electrons. The molecule has 0 spiro atoms. The van der Waals surface area contributed by atoms with Gasteiger partial charge in [0.1, 0.15) is 12.3 Å². The van der Waals surface area contributed by atoms with E-state index in [0.29, 0.717) is 41.7 Å². The van der Waals surface area contributed by atoms with E-state index in [9.17, 15) is 4.79 Å². The monoisotopic (exact) mass is 373 g/mol. The van der Waals surface area contributed by atoms with Crippen LogP contribution in [0.3, 0.4) is 0 Å². The van der Waals surface area contributed by atoms with E-state index < -0.39 is 5.97 Å². The number of hydrogen-bond donors (Lipinski definition) is 0. The minimum Gasteiger partial charge on any atom is -0.490 e. The molecule has 0 amide bonds. The second-order valence-corrected chi connectivity index (χ2v) is 6.21. The zero-order valence-electron chi connectivity index (χ0n) is 14.6. The van der Waals surface area contributed by atoms with E-state index in [4.69, 9.17) is 18.7 Å². The quantitative estimate of drug-likeness (QED) is 0.539. The van der Waals surface area contributed by atoms with E-state index in [1.165, 1.54) is 0 Å². The van der Waals surface area contributed by atoms with Crippen molar-refractivity contribution in [2.45, 2.75) is 20.5 Å². The lowest BCUT2D eigenvalue weighted by Crippen LogP contribution is -2.07. The van der Waals surface area contributed by atoms with Gasteiger partial charge in [0.05, 0.1) is 23.7 Å². The van der Waals surface area contributed by atoms with Gasteiger partial charge in [-0.15, -0.1) is 11.3 Å². The molecule has 0 unspecified atom stereocenters. The van der Waals surface area contributed by atoms with Crippen LogP contribution in [0.2, 0.25) is 0 Å². The fraction of sp³-hybridized carbons (Fsp3) is 0.263. The lowest BCUT2D eigenvalue weighted by molar-refractivity contribution is 0.0463. The van der Waals surface area contributed by atoms with Crippen molar-refractivity contribution < 1.29 is 23.5 Å². The van der Waals surface area contributed by atoms with Crippen LogP contribution in [0.4, 0.5) is 0 Å². The Kier molecular flexibility index (Phi) is 5.91. The standard InChI is InChI=1S/C19H19NO5S/c1-3-22-15-8-7-13(10-16(15)23-4-2)19(21)24-12-14-11-17(25-20-14)18-6-5-9-26-18/h5-11H,3-4,12H2,1-2H3. The lowest BCUT2D eigenvalue weighted by Gasteiger charge is -2.12. The molecule has 3 aromatic rings. The third kappa shape index (κ3) is 4.23. The topological polar surface area (TPSA) is 70.8 Å². The minimum absolute atomic E-state index is 0.0326. The Morgan fingerprint density at radius 2 is 1.92 bits per heavy atom. The first-order chi connectivity index (χ1) is 12.7.